The number of nitrogens with zero attached hydrogens (tertiary/aromatic N) is 5. The van der Waals surface area contributed by atoms with E-state index in [1.807, 2.05) is 0 Å². The Bertz CT molecular complexity index is 2290. The topological polar surface area (TPSA) is 138 Å². The number of esters is 1. The van der Waals surface area contributed by atoms with Crippen LogP contribution in [-0.4, -0.2) is 67.4 Å². The van der Waals surface area contributed by atoms with E-state index in [0.717, 1.165) is 15.5 Å². The number of fused-ring (bicyclic) bond motifs is 2. The monoisotopic (exact) mass is 837 g/mol. The van der Waals surface area contributed by atoms with Gasteiger partial charge < -0.3 is 0 Å². The number of ether oxygens (including phenoxy) is 2. The molecule has 0 radical (unpaired) electrons. The molecular formula is C35H34F4IN6O6-. The van der Waals surface area contributed by atoms with E-state index in [1.165, 1.54) is 55.3 Å². The van der Waals surface area contributed by atoms with E-state index in [9.17, 15) is 27.8 Å². The number of benzene rings is 2. The molecule has 3 aromatic heterocycles. The van der Waals surface area contributed by atoms with Gasteiger partial charge in [0.15, 0.2) is 0 Å². The second-order valence-corrected chi connectivity index (χ2v) is 15.9. The molecule has 1 aliphatic rings. The Balaban J connectivity index is 1.35. The van der Waals surface area contributed by atoms with Crippen LogP contribution in [0.5, 0.6) is 0 Å². The molecule has 276 valence electrons. The van der Waals surface area contributed by atoms with Crippen molar-refractivity contribution in [2.75, 3.05) is 31.3 Å². The molecular weight excluding hydrogens is 803 g/mol. The van der Waals surface area contributed by atoms with Crippen LogP contribution < -0.4 is 41.6 Å². The van der Waals surface area contributed by atoms with Crippen LogP contribution in [-0.2, 0) is 27.7 Å². The summed E-state index contributed by atoms with van der Waals surface area (Å²) < 4.78 is 68.3. The number of anilines is 1. The molecule has 4 heterocycles. The van der Waals surface area contributed by atoms with Crippen molar-refractivity contribution in [2.45, 2.75) is 36.8 Å². The summed E-state index contributed by atoms with van der Waals surface area (Å²) in [6, 6.07) is 8.82. The Labute approximate surface area is 300 Å². The fourth-order valence-corrected chi connectivity index (χ4v) is 8.30. The molecule has 1 saturated heterocycles. The molecule has 2 atom stereocenters. The van der Waals surface area contributed by atoms with E-state index >= 15 is 4.39 Å². The van der Waals surface area contributed by atoms with Gasteiger partial charge in [0.1, 0.15) is 0 Å². The van der Waals surface area contributed by atoms with Gasteiger partial charge >= 0.3 is 182 Å². The first-order valence-corrected chi connectivity index (χ1v) is 19.9. The number of aryl methyl sites for hydroxylation is 2. The maximum absolute atomic E-state index is 15.7. The average molecular weight is 838 g/mol. The van der Waals surface area contributed by atoms with Crippen LogP contribution in [0.3, 0.4) is 0 Å². The molecule has 6 rings (SSSR count). The third kappa shape index (κ3) is 7.10. The molecule has 1 amide bonds. The summed E-state index contributed by atoms with van der Waals surface area (Å²) in [5.41, 5.74) is -0.299. The van der Waals surface area contributed by atoms with Gasteiger partial charge in [-0.25, -0.2) is 9.36 Å². The molecule has 0 unspecified atom stereocenters. The van der Waals surface area contributed by atoms with Gasteiger partial charge in [0.2, 0.25) is 0 Å². The quantitative estimate of drug-likeness (QED) is 0.0728. The van der Waals surface area contributed by atoms with E-state index in [-0.39, 0.29) is 54.0 Å². The number of carbonyl (C=O) groups is 2. The van der Waals surface area contributed by atoms with E-state index in [0.29, 0.717) is 22.9 Å². The number of nitrogens with one attached hydrogen (secondary N) is 1. The zero-order valence-electron chi connectivity index (χ0n) is 28.2. The molecule has 0 bridgehead atoms. The molecule has 5 aromatic rings. The van der Waals surface area contributed by atoms with Gasteiger partial charge in [0.05, 0.1) is 28.3 Å². The average Bonchev–Trinajstić information content (AvgIpc) is 3.12. The van der Waals surface area contributed by atoms with Crippen molar-refractivity contribution in [1.29, 1.82) is 0 Å². The standard InChI is InChI=1S/C35H34F4IN6O6/c1-4-13-52-34(49)26(43-32(47)30-20(2)15-22(17-25(30)36)45-12-14-51-19-29(45)40(37,38)39)16-21-7-8-27(31-23(21)6-5-10-42-31)46-33(48)24-9-11-41-18-28(24)44(3)35(46)50/h5-11,15,17-18,26,29H,4,12-14,16,19H2,1-3H3,(H,43,47)/q-1/t26-,29+/m0/s1. The molecule has 52 heavy (non-hydrogen) atoms. The summed E-state index contributed by atoms with van der Waals surface area (Å²) in [4.78, 5) is 63.6. The molecule has 0 saturated carbocycles. The number of alkyl halides is 1. The Morgan fingerprint density at radius 3 is 2.63 bits per heavy atom. The van der Waals surface area contributed by atoms with Gasteiger partial charge in [0, 0.05) is 19.4 Å². The van der Waals surface area contributed by atoms with Crippen LogP contribution in [0, 0.1) is 12.7 Å². The summed E-state index contributed by atoms with van der Waals surface area (Å²) in [6.45, 7) is 2.65. The third-order valence-electron chi connectivity index (χ3n) is 8.80. The molecule has 0 aliphatic carbocycles. The number of halogens is 5. The molecule has 1 aliphatic heterocycles. The minimum absolute atomic E-state index is 0.0178. The first-order chi connectivity index (χ1) is 24.8. The van der Waals surface area contributed by atoms with E-state index in [2.05, 4.69) is 15.3 Å². The van der Waals surface area contributed by atoms with Gasteiger partial charge in [-0.05, 0) is 24.6 Å². The fourth-order valence-electron chi connectivity index (χ4n) is 6.28. The number of morpholine rings is 1. The fraction of sp³-hybridized carbons (Fsp3) is 0.314. The number of rotatable bonds is 10. The summed E-state index contributed by atoms with van der Waals surface area (Å²) in [6.07, 6.45) is 4.68. The van der Waals surface area contributed by atoms with Crippen LogP contribution in [0.4, 0.5) is 18.7 Å². The molecule has 0 spiro atoms. The Hall–Kier alpha value is -4.91. The Morgan fingerprint density at radius 1 is 1.12 bits per heavy atom. The number of hydrogen-bond donors (Lipinski definition) is 1. The number of hydrogen-bond acceptors (Lipinski definition) is 9. The van der Waals surface area contributed by atoms with Crippen LogP contribution in [0.25, 0.3) is 27.5 Å². The van der Waals surface area contributed by atoms with Crippen molar-refractivity contribution in [3.8, 4) is 5.69 Å². The Morgan fingerprint density at radius 2 is 1.90 bits per heavy atom. The molecule has 12 nitrogen and oxygen atoms in total. The van der Waals surface area contributed by atoms with Gasteiger partial charge in [-0.1, -0.05) is 13.0 Å². The van der Waals surface area contributed by atoms with Crippen molar-refractivity contribution >= 4 is 39.4 Å². The normalized spacial score (nSPS) is 15.8. The second kappa shape index (κ2) is 15.0. The van der Waals surface area contributed by atoms with Crippen molar-refractivity contribution in [3.63, 3.8) is 0 Å². The molecule has 1 N–H and O–H groups in total. The van der Waals surface area contributed by atoms with Crippen LogP contribution in [0.1, 0.15) is 34.8 Å². The predicted octanol–water partition coefficient (Wildman–Crippen LogP) is 1.35. The number of aromatic nitrogens is 4. The van der Waals surface area contributed by atoms with E-state index in [4.69, 9.17) is 9.47 Å². The second-order valence-electron chi connectivity index (χ2n) is 12.1. The predicted molar refractivity (Wildman–Crippen MR) is 181 cm³/mol. The van der Waals surface area contributed by atoms with Gasteiger partial charge in [-0.3, -0.25) is 19.3 Å². The van der Waals surface area contributed by atoms with Crippen molar-refractivity contribution in [1.82, 2.24) is 24.4 Å². The van der Waals surface area contributed by atoms with Crippen molar-refractivity contribution < 1.29 is 52.2 Å². The third-order valence-corrected chi connectivity index (χ3v) is 11.5. The number of carbonyl (C=O) groups excluding carboxylic acids is 2. The van der Waals surface area contributed by atoms with E-state index < -0.39 is 71.4 Å². The van der Waals surface area contributed by atoms with E-state index in [1.54, 1.807) is 25.1 Å². The zero-order valence-corrected chi connectivity index (χ0v) is 30.4. The summed E-state index contributed by atoms with van der Waals surface area (Å²) in [5.74, 6) is -2.82. The summed E-state index contributed by atoms with van der Waals surface area (Å²) in [7, 11) is 1.52. The maximum atomic E-state index is 15.7. The minimum atomic E-state index is -6.68. The SMILES string of the molecule is CCCOC(=O)[C@H](Cc1ccc(-n2c(=O)c3ccncc3n(C)c2=O)c2ncccc12)NC(=O)c1c(C)cc(N2CCOC[C@@H]2[I-](F)(F)F)cc1F. The Kier molecular flexibility index (Phi) is 10.6. The van der Waals surface area contributed by atoms with Gasteiger partial charge in [-0.2, -0.15) is 0 Å². The van der Waals surface area contributed by atoms with Gasteiger partial charge in [-0.15, -0.1) is 0 Å². The number of pyridine rings is 2. The van der Waals surface area contributed by atoms with Gasteiger partial charge in [0.25, 0.3) is 5.56 Å². The van der Waals surface area contributed by atoms with Crippen LogP contribution >= 0.6 is 0 Å². The van der Waals surface area contributed by atoms with Crippen LogP contribution in [0.15, 0.2) is 70.6 Å². The molecule has 1 fully saturated rings. The van der Waals surface area contributed by atoms with Crippen molar-refractivity contribution in [3.05, 3.63) is 104 Å². The molecule has 17 heteroatoms. The summed E-state index contributed by atoms with van der Waals surface area (Å²) in [5, 5.41) is 3.29. The van der Waals surface area contributed by atoms with Crippen LogP contribution in [0.2, 0.25) is 0 Å². The molecule has 2 aromatic carbocycles. The number of amides is 1. The summed E-state index contributed by atoms with van der Waals surface area (Å²) >= 11 is -6.68. The zero-order chi connectivity index (χ0) is 37.3. The first-order valence-electron chi connectivity index (χ1n) is 16.2. The first kappa shape index (κ1) is 36.9. The van der Waals surface area contributed by atoms with Crippen molar-refractivity contribution in [2.24, 2.45) is 7.05 Å².